The molecule has 0 spiro atoms. The largest absolute Gasteiger partial charge is 0.388 e. The number of β-amino-alcohol motifs (C(OH)–C–C–N with tert-alkyl or cyclic N) is 1. The fourth-order valence-electron chi connectivity index (χ4n) is 1.99. The van der Waals surface area contributed by atoms with Gasteiger partial charge in [0.1, 0.15) is 0 Å². The van der Waals surface area contributed by atoms with Crippen molar-refractivity contribution in [3.05, 3.63) is 27.1 Å². The van der Waals surface area contributed by atoms with Crippen LogP contribution in [0.1, 0.15) is 17.7 Å². The van der Waals surface area contributed by atoms with Crippen molar-refractivity contribution in [3.63, 3.8) is 0 Å². The molecule has 1 unspecified atom stereocenters. The summed E-state index contributed by atoms with van der Waals surface area (Å²) in [6.07, 6.45) is 2.20. The Bertz CT molecular complexity index is 385. The maximum absolute atomic E-state index is 10.5. The molecule has 5 nitrogen and oxygen atoms in total. The zero-order chi connectivity index (χ0) is 11.6. The van der Waals surface area contributed by atoms with Crippen LogP contribution >= 0.6 is 11.3 Å². The highest BCUT2D eigenvalue weighted by molar-refractivity contribution is 7.15. The summed E-state index contributed by atoms with van der Waals surface area (Å²) in [5, 5.41) is 24.1. The SMILES string of the molecule is O=[N+]([O-])c1ccc(CC2(O)CCCNC2)s1. The molecule has 2 heterocycles. The van der Waals surface area contributed by atoms with Crippen LogP contribution in [-0.2, 0) is 6.42 Å². The summed E-state index contributed by atoms with van der Waals surface area (Å²) in [5.74, 6) is 0. The molecule has 1 atom stereocenters. The van der Waals surface area contributed by atoms with Crippen LogP contribution in [0.25, 0.3) is 0 Å². The van der Waals surface area contributed by atoms with Gasteiger partial charge in [-0.3, -0.25) is 10.1 Å². The van der Waals surface area contributed by atoms with Gasteiger partial charge in [0.05, 0.1) is 10.5 Å². The van der Waals surface area contributed by atoms with E-state index in [-0.39, 0.29) is 5.00 Å². The number of nitro groups is 1. The molecule has 0 saturated carbocycles. The summed E-state index contributed by atoms with van der Waals surface area (Å²) in [5.41, 5.74) is -0.739. The van der Waals surface area contributed by atoms with E-state index in [0.717, 1.165) is 35.6 Å². The monoisotopic (exact) mass is 242 g/mol. The molecule has 1 aliphatic rings. The summed E-state index contributed by atoms with van der Waals surface area (Å²) in [6, 6.07) is 3.23. The molecule has 0 aliphatic carbocycles. The van der Waals surface area contributed by atoms with Crippen LogP contribution in [0.2, 0.25) is 0 Å². The first kappa shape index (κ1) is 11.5. The topological polar surface area (TPSA) is 75.4 Å². The third kappa shape index (κ3) is 2.58. The third-order valence-electron chi connectivity index (χ3n) is 2.78. The van der Waals surface area contributed by atoms with Gasteiger partial charge >= 0.3 is 5.00 Å². The predicted octanol–water partition coefficient (Wildman–Crippen LogP) is 1.31. The summed E-state index contributed by atoms with van der Waals surface area (Å²) < 4.78 is 0. The van der Waals surface area contributed by atoms with Gasteiger partial charge in [0.15, 0.2) is 0 Å². The highest BCUT2D eigenvalue weighted by atomic mass is 32.1. The smallest absolute Gasteiger partial charge is 0.324 e. The molecule has 1 aliphatic heterocycles. The quantitative estimate of drug-likeness (QED) is 0.619. The number of piperidine rings is 1. The lowest BCUT2D eigenvalue weighted by molar-refractivity contribution is -0.380. The number of nitrogens with one attached hydrogen (secondary N) is 1. The molecule has 2 rings (SSSR count). The molecule has 0 radical (unpaired) electrons. The number of nitrogens with zero attached hydrogens (tertiary/aromatic N) is 1. The number of hydrogen-bond acceptors (Lipinski definition) is 5. The van der Waals surface area contributed by atoms with E-state index in [0.29, 0.717) is 13.0 Å². The summed E-state index contributed by atoms with van der Waals surface area (Å²) in [7, 11) is 0. The van der Waals surface area contributed by atoms with Gasteiger partial charge in [0.25, 0.3) is 0 Å². The Morgan fingerprint density at radius 1 is 1.62 bits per heavy atom. The Balaban J connectivity index is 2.04. The minimum absolute atomic E-state index is 0.141. The van der Waals surface area contributed by atoms with Crippen molar-refractivity contribution in [2.75, 3.05) is 13.1 Å². The van der Waals surface area contributed by atoms with Crippen molar-refractivity contribution >= 4 is 16.3 Å². The average molecular weight is 242 g/mol. The lowest BCUT2D eigenvalue weighted by atomic mass is 9.90. The van der Waals surface area contributed by atoms with Gasteiger partial charge in [-0.05, 0) is 25.5 Å². The molecule has 16 heavy (non-hydrogen) atoms. The maximum atomic E-state index is 10.5. The standard InChI is InChI=1S/C10H14N2O3S/c13-10(4-1-5-11-7-10)6-8-2-3-9(16-8)12(14)15/h2-3,11,13H,1,4-7H2. The Morgan fingerprint density at radius 2 is 2.44 bits per heavy atom. The van der Waals surface area contributed by atoms with E-state index in [1.807, 2.05) is 0 Å². The van der Waals surface area contributed by atoms with Crippen LogP contribution in [-0.4, -0.2) is 28.7 Å². The first-order valence-corrected chi connectivity index (χ1v) is 6.07. The molecule has 0 aromatic carbocycles. The van der Waals surface area contributed by atoms with Gasteiger partial charge in [-0.25, -0.2) is 0 Å². The molecular weight excluding hydrogens is 228 g/mol. The average Bonchev–Trinajstić information content (AvgIpc) is 2.66. The van der Waals surface area contributed by atoms with Gasteiger partial charge < -0.3 is 10.4 Å². The highest BCUT2D eigenvalue weighted by Gasteiger charge is 2.30. The summed E-state index contributed by atoms with van der Waals surface area (Å²) in [6.45, 7) is 1.51. The molecule has 1 saturated heterocycles. The molecule has 88 valence electrons. The van der Waals surface area contributed by atoms with Crippen LogP contribution in [0.4, 0.5) is 5.00 Å². The fraction of sp³-hybridized carbons (Fsp3) is 0.600. The molecule has 6 heteroatoms. The molecule has 1 aromatic heterocycles. The lowest BCUT2D eigenvalue weighted by Gasteiger charge is -2.32. The van der Waals surface area contributed by atoms with E-state index >= 15 is 0 Å². The van der Waals surface area contributed by atoms with Gasteiger partial charge in [-0.1, -0.05) is 11.3 Å². The van der Waals surface area contributed by atoms with E-state index in [2.05, 4.69) is 5.32 Å². The normalized spacial score (nSPS) is 25.6. The Morgan fingerprint density at radius 3 is 3.00 bits per heavy atom. The van der Waals surface area contributed by atoms with Crippen molar-refractivity contribution in [1.82, 2.24) is 5.32 Å². The zero-order valence-electron chi connectivity index (χ0n) is 8.81. The second-order valence-corrected chi connectivity index (χ2v) is 5.33. The Hall–Kier alpha value is -0.980. The van der Waals surface area contributed by atoms with Crippen LogP contribution in [0.3, 0.4) is 0 Å². The maximum Gasteiger partial charge on any atom is 0.324 e. The van der Waals surface area contributed by atoms with E-state index < -0.39 is 10.5 Å². The van der Waals surface area contributed by atoms with Gasteiger partial charge in [0, 0.05) is 23.9 Å². The van der Waals surface area contributed by atoms with Gasteiger partial charge in [-0.15, -0.1) is 0 Å². The Kier molecular flexibility index (Phi) is 3.22. The van der Waals surface area contributed by atoms with Gasteiger partial charge in [0.2, 0.25) is 0 Å². The zero-order valence-corrected chi connectivity index (χ0v) is 9.63. The van der Waals surface area contributed by atoms with Crippen molar-refractivity contribution in [1.29, 1.82) is 0 Å². The second-order valence-electron chi connectivity index (χ2n) is 4.18. The van der Waals surface area contributed by atoms with Crippen molar-refractivity contribution in [2.45, 2.75) is 24.9 Å². The highest BCUT2D eigenvalue weighted by Crippen LogP contribution is 2.29. The van der Waals surface area contributed by atoms with Crippen molar-refractivity contribution in [3.8, 4) is 0 Å². The third-order valence-corrected chi connectivity index (χ3v) is 3.82. The predicted molar refractivity (Wildman–Crippen MR) is 61.7 cm³/mol. The minimum Gasteiger partial charge on any atom is -0.388 e. The number of aliphatic hydroxyl groups is 1. The van der Waals surface area contributed by atoms with E-state index in [1.54, 1.807) is 6.07 Å². The lowest BCUT2D eigenvalue weighted by Crippen LogP contribution is -2.46. The summed E-state index contributed by atoms with van der Waals surface area (Å²) >= 11 is 1.15. The second kappa shape index (κ2) is 4.48. The van der Waals surface area contributed by atoms with Gasteiger partial charge in [-0.2, -0.15) is 0 Å². The fourth-order valence-corrected chi connectivity index (χ4v) is 2.94. The first-order valence-electron chi connectivity index (χ1n) is 5.25. The molecule has 1 fully saturated rings. The number of thiophene rings is 1. The van der Waals surface area contributed by atoms with E-state index in [1.165, 1.54) is 6.07 Å². The van der Waals surface area contributed by atoms with Crippen LogP contribution in [0, 0.1) is 10.1 Å². The summed E-state index contributed by atoms with van der Waals surface area (Å²) in [4.78, 5) is 11.0. The molecule has 2 N–H and O–H groups in total. The van der Waals surface area contributed by atoms with Crippen molar-refractivity contribution < 1.29 is 10.0 Å². The first-order chi connectivity index (χ1) is 7.59. The molecule has 0 amide bonds. The van der Waals surface area contributed by atoms with Crippen LogP contribution in [0.15, 0.2) is 12.1 Å². The van der Waals surface area contributed by atoms with Crippen molar-refractivity contribution in [2.24, 2.45) is 0 Å². The van der Waals surface area contributed by atoms with Crippen LogP contribution in [0.5, 0.6) is 0 Å². The number of hydrogen-bond donors (Lipinski definition) is 2. The molecular formula is C10H14N2O3S. The molecule has 1 aromatic rings. The molecule has 0 bridgehead atoms. The van der Waals surface area contributed by atoms with E-state index in [4.69, 9.17) is 0 Å². The Labute approximate surface area is 97.3 Å². The van der Waals surface area contributed by atoms with E-state index in [9.17, 15) is 15.2 Å². The number of rotatable bonds is 3. The van der Waals surface area contributed by atoms with Crippen LogP contribution < -0.4 is 5.32 Å². The minimum atomic E-state index is -0.739.